The topological polar surface area (TPSA) is 71.5 Å². The summed E-state index contributed by atoms with van der Waals surface area (Å²) in [6.45, 7) is 2.64. The zero-order chi connectivity index (χ0) is 23.6. The Kier molecular flexibility index (Phi) is 10.1. The average Bonchev–Trinajstić information content (AvgIpc) is 3.27. The fourth-order valence-corrected chi connectivity index (χ4v) is 5.03. The molecule has 0 fully saturated rings. The van der Waals surface area contributed by atoms with Crippen molar-refractivity contribution in [2.45, 2.75) is 25.0 Å². The van der Waals surface area contributed by atoms with Gasteiger partial charge in [-0.2, -0.15) is 0 Å². The molecule has 0 bridgehead atoms. The van der Waals surface area contributed by atoms with Gasteiger partial charge in [0.05, 0.1) is 25.3 Å². The lowest BCUT2D eigenvalue weighted by atomic mass is 10.0. The van der Waals surface area contributed by atoms with Crippen molar-refractivity contribution in [2.24, 2.45) is 0 Å². The van der Waals surface area contributed by atoms with Gasteiger partial charge in [0.2, 0.25) is 5.91 Å². The minimum absolute atomic E-state index is 0.0454. The fraction of sp³-hybridized carbons (Fsp3) is 0.542. The standard InChI is InChI=1S/C24H33FN2O5S/c1-30-12-5-10-26(14-18(28)16-31-2)15-24(29)27-11-8-23-19(9-13-33-23)21(27)17-32-22-7-4-3-6-20(22)25/h3-4,6-7,9,13,18,21,28H,5,8,10-12,14-17H2,1-2H3. The number of fused-ring (bicyclic) bond motifs is 1. The van der Waals surface area contributed by atoms with E-state index in [2.05, 4.69) is 0 Å². The third kappa shape index (κ3) is 7.22. The number of benzene rings is 1. The molecule has 1 amide bonds. The molecule has 0 saturated heterocycles. The number of carbonyl (C=O) groups is 1. The molecular weight excluding hydrogens is 447 g/mol. The first-order chi connectivity index (χ1) is 16.0. The molecule has 1 aliphatic heterocycles. The summed E-state index contributed by atoms with van der Waals surface area (Å²) < 4.78 is 30.1. The Labute approximate surface area is 198 Å². The first-order valence-corrected chi connectivity index (χ1v) is 12.0. The van der Waals surface area contributed by atoms with E-state index in [1.54, 1.807) is 36.6 Å². The number of para-hydroxylation sites is 1. The van der Waals surface area contributed by atoms with Crippen LogP contribution in [-0.4, -0.2) is 87.1 Å². The molecule has 1 aliphatic rings. The van der Waals surface area contributed by atoms with Crippen molar-refractivity contribution < 1.29 is 28.5 Å². The van der Waals surface area contributed by atoms with E-state index >= 15 is 0 Å². The summed E-state index contributed by atoms with van der Waals surface area (Å²) in [7, 11) is 3.18. The van der Waals surface area contributed by atoms with Crippen LogP contribution in [0.2, 0.25) is 0 Å². The molecule has 7 nitrogen and oxygen atoms in total. The molecule has 0 saturated carbocycles. The Bertz CT molecular complexity index is 880. The predicted octanol–water partition coefficient (Wildman–Crippen LogP) is 2.74. The van der Waals surface area contributed by atoms with Crippen molar-refractivity contribution >= 4 is 17.2 Å². The highest BCUT2D eigenvalue weighted by molar-refractivity contribution is 7.10. The molecule has 0 aliphatic carbocycles. The SMILES string of the molecule is COCCCN(CC(=O)N1CCc2sccc2C1COc1ccccc1F)CC(O)COC. The van der Waals surface area contributed by atoms with Crippen LogP contribution in [0.1, 0.15) is 22.9 Å². The number of aliphatic hydroxyl groups is 1. The van der Waals surface area contributed by atoms with Crippen molar-refractivity contribution in [3.63, 3.8) is 0 Å². The van der Waals surface area contributed by atoms with Crippen molar-refractivity contribution in [1.29, 1.82) is 0 Å². The van der Waals surface area contributed by atoms with Crippen LogP contribution in [0.25, 0.3) is 0 Å². The maximum atomic E-state index is 14.1. The number of methoxy groups -OCH3 is 2. The Balaban J connectivity index is 1.71. The summed E-state index contributed by atoms with van der Waals surface area (Å²) in [6.07, 6.45) is 0.846. The van der Waals surface area contributed by atoms with Crippen LogP contribution >= 0.6 is 11.3 Å². The second-order valence-corrected chi connectivity index (χ2v) is 9.08. The van der Waals surface area contributed by atoms with Crippen LogP contribution in [-0.2, 0) is 20.7 Å². The van der Waals surface area contributed by atoms with Gasteiger partial charge in [-0.05, 0) is 42.0 Å². The van der Waals surface area contributed by atoms with Gasteiger partial charge in [-0.15, -0.1) is 11.3 Å². The monoisotopic (exact) mass is 480 g/mol. The van der Waals surface area contributed by atoms with Gasteiger partial charge in [0.25, 0.3) is 0 Å². The number of hydrogen-bond donors (Lipinski definition) is 1. The zero-order valence-corrected chi connectivity index (χ0v) is 20.1. The number of halogens is 1. The second-order valence-electron chi connectivity index (χ2n) is 8.08. The number of amides is 1. The number of aliphatic hydroxyl groups excluding tert-OH is 1. The van der Waals surface area contributed by atoms with Crippen LogP contribution in [0.4, 0.5) is 4.39 Å². The summed E-state index contributed by atoms with van der Waals surface area (Å²) in [4.78, 5) is 18.4. The third-order valence-corrected chi connectivity index (χ3v) is 6.65. The summed E-state index contributed by atoms with van der Waals surface area (Å²) >= 11 is 1.67. The molecule has 2 unspecified atom stereocenters. The molecule has 2 heterocycles. The van der Waals surface area contributed by atoms with Crippen molar-refractivity contribution in [1.82, 2.24) is 9.80 Å². The molecule has 0 spiro atoms. The predicted molar refractivity (Wildman–Crippen MR) is 125 cm³/mol. The molecular formula is C24H33FN2O5S. The quantitative estimate of drug-likeness (QED) is 0.445. The fourth-order valence-electron chi connectivity index (χ4n) is 4.10. The molecule has 182 valence electrons. The number of carbonyl (C=O) groups excluding carboxylic acids is 1. The molecule has 1 N–H and O–H groups in total. The van der Waals surface area contributed by atoms with E-state index in [1.807, 2.05) is 21.2 Å². The van der Waals surface area contributed by atoms with Gasteiger partial charge in [0, 0.05) is 45.3 Å². The molecule has 0 radical (unpaired) electrons. The minimum Gasteiger partial charge on any atom is -0.488 e. The van der Waals surface area contributed by atoms with Crippen LogP contribution in [0.3, 0.4) is 0 Å². The van der Waals surface area contributed by atoms with E-state index in [4.69, 9.17) is 14.2 Å². The highest BCUT2D eigenvalue weighted by Crippen LogP contribution is 2.34. The Hall–Kier alpha value is -2.04. The van der Waals surface area contributed by atoms with Gasteiger partial charge in [0.1, 0.15) is 6.61 Å². The van der Waals surface area contributed by atoms with Gasteiger partial charge in [-0.1, -0.05) is 12.1 Å². The molecule has 1 aromatic carbocycles. The van der Waals surface area contributed by atoms with E-state index in [1.165, 1.54) is 18.1 Å². The second kappa shape index (κ2) is 13.0. The largest absolute Gasteiger partial charge is 0.488 e. The number of nitrogens with zero attached hydrogens (tertiary/aromatic N) is 2. The summed E-state index contributed by atoms with van der Waals surface area (Å²) in [6, 6.07) is 8.02. The van der Waals surface area contributed by atoms with Gasteiger partial charge >= 0.3 is 0 Å². The molecule has 2 aromatic rings. The number of rotatable bonds is 13. The molecule has 33 heavy (non-hydrogen) atoms. The van der Waals surface area contributed by atoms with E-state index in [-0.39, 0.29) is 37.5 Å². The lowest BCUT2D eigenvalue weighted by Gasteiger charge is -2.37. The van der Waals surface area contributed by atoms with Crippen LogP contribution < -0.4 is 4.74 Å². The van der Waals surface area contributed by atoms with Gasteiger partial charge in [0.15, 0.2) is 11.6 Å². The molecule has 1 aromatic heterocycles. The smallest absolute Gasteiger partial charge is 0.237 e. The maximum absolute atomic E-state index is 14.1. The number of hydrogen-bond acceptors (Lipinski definition) is 7. The first-order valence-electron chi connectivity index (χ1n) is 11.1. The van der Waals surface area contributed by atoms with Crippen molar-refractivity contribution in [3.05, 3.63) is 52.0 Å². The Morgan fingerprint density at radius 3 is 2.88 bits per heavy atom. The highest BCUT2D eigenvalue weighted by Gasteiger charge is 2.33. The molecule has 2 atom stereocenters. The third-order valence-electron chi connectivity index (χ3n) is 5.66. The normalized spacial score (nSPS) is 16.6. The summed E-state index contributed by atoms with van der Waals surface area (Å²) in [5.41, 5.74) is 1.06. The zero-order valence-electron chi connectivity index (χ0n) is 19.2. The summed E-state index contributed by atoms with van der Waals surface area (Å²) in [5.74, 6) is -0.291. The highest BCUT2D eigenvalue weighted by atomic mass is 32.1. The van der Waals surface area contributed by atoms with E-state index in [0.717, 1.165) is 18.4 Å². The van der Waals surface area contributed by atoms with Crippen molar-refractivity contribution in [2.75, 3.05) is 60.2 Å². The molecule has 3 rings (SSSR count). The van der Waals surface area contributed by atoms with Crippen molar-refractivity contribution in [3.8, 4) is 5.75 Å². The van der Waals surface area contributed by atoms with E-state index in [0.29, 0.717) is 26.2 Å². The lowest BCUT2D eigenvalue weighted by molar-refractivity contribution is -0.136. The number of thiophene rings is 1. The van der Waals surface area contributed by atoms with Gasteiger partial charge in [-0.3, -0.25) is 9.69 Å². The molecule has 9 heteroatoms. The van der Waals surface area contributed by atoms with Gasteiger partial charge in [-0.25, -0.2) is 4.39 Å². The number of ether oxygens (including phenoxy) is 3. The van der Waals surface area contributed by atoms with E-state index < -0.39 is 11.9 Å². The average molecular weight is 481 g/mol. The Morgan fingerprint density at radius 2 is 2.12 bits per heavy atom. The summed E-state index contributed by atoms with van der Waals surface area (Å²) in [5, 5.41) is 12.2. The minimum atomic E-state index is -0.685. The Morgan fingerprint density at radius 1 is 1.30 bits per heavy atom. The lowest BCUT2D eigenvalue weighted by Crippen LogP contribution is -2.48. The van der Waals surface area contributed by atoms with Crippen LogP contribution in [0.15, 0.2) is 35.7 Å². The maximum Gasteiger partial charge on any atom is 0.237 e. The first kappa shape index (κ1) is 25.6. The van der Waals surface area contributed by atoms with E-state index in [9.17, 15) is 14.3 Å². The van der Waals surface area contributed by atoms with Gasteiger partial charge < -0.3 is 24.2 Å². The van der Waals surface area contributed by atoms with Crippen LogP contribution in [0.5, 0.6) is 5.75 Å². The van der Waals surface area contributed by atoms with Crippen LogP contribution in [0, 0.1) is 5.82 Å².